The third-order valence-electron chi connectivity index (χ3n) is 3.99. The Balaban J connectivity index is 1.52. The van der Waals surface area contributed by atoms with Gasteiger partial charge >= 0.3 is 0 Å². The van der Waals surface area contributed by atoms with Crippen molar-refractivity contribution in [2.24, 2.45) is 0 Å². The molecule has 0 unspecified atom stereocenters. The summed E-state index contributed by atoms with van der Waals surface area (Å²) in [5, 5.41) is 6.72. The highest BCUT2D eigenvalue weighted by Crippen LogP contribution is 2.38. The molecule has 0 bridgehead atoms. The van der Waals surface area contributed by atoms with Gasteiger partial charge in [-0.2, -0.15) is 4.98 Å². The Morgan fingerprint density at radius 2 is 2.00 bits per heavy atom. The summed E-state index contributed by atoms with van der Waals surface area (Å²) in [6.45, 7) is -0.0921. The Hall–Kier alpha value is -3.22. The summed E-state index contributed by atoms with van der Waals surface area (Å²) in [5.74, 6) is 1.17. The zero-order valence-electron chi connectivity index (χ0n) is 13.4. The van der Waals surface area contributed by atoms with E-state index in [-0.39, 0.29) is 18.0 Å². The molecule has 2 aromatic heterocycles. The Morgan fingerprint density at radius 3 is 2.76 bits per heavy atom. The minimum atomic E-state index is -0.283. The van der Waals surface area contributed by atoms with Crippen LogP contribution in [0.15, 0.2) is 58.0 Å². The fourth-order valence-corrected chi connectivity index (χ4v) is 2.52. The number of nitrogens with one attached hydrogen (secondary N) is 1. The lowest BCUT2D eigenvalue weighted by molar-refractivity contribution is -0.116. The van der Waals surface area contributed by atoms with E-state index in [4.69, 9.17) is 4.52 Å². The van der Waals surface area contributed by atoms with E-state index < -0.39 is 0 Å². The number of nitrogens with zero attached hydrogens (tertiary/aromatic N) is 3. The highest BCUT2D eigenvalue weighted by molar-refractivity contribution is 5.90. The molecule has 0 saturated heterocycles. The van der Waals surface area contributed by atoms with Crippen LogP contribution >= 0.6 is 0 Å². The highest BCUT2D eigenvalue weighted by Gasteiger charge is 2.29. The summed E-state index contributed by atoms with van der Waals surface area (Å²) in [4.78, 5) is 28.6. The van der Waals surface area contributed by atoms with Gasteiger partial charge in [0.1, 0.15) is 6.54 Å². The first-order valence-electron chi connectivity index (χ1n) is 8.08. The van der Waals surface area contributed by atoms with Gasteiger partial charge in [-0.25, -0.2) is 0 Å². The molecule has 126 valence electrons. The van der Waals surface area contributed by atoms with Gasteiger partial charge in [0.25, 0.3) is 11.4 Å². The first-order valence-corrected chi connectivity index (χ1v) is 8.08. The van der Waals surface area contributed by atoms with Gasteiger partial charge in [0, 0.05) is 23.9 Å². The van der Waals surface area contributed by atoms with Crippen LogP contribution in [0.5, 0.6) is 0 Å². The minimum Gasteiger partial charge on any atom is -0.334 e. The smallest absolute Gasteiger partial charge is 0.259 e. The predicted octanol–water partition coefficient (Wildman–Crippen LogP) is 2.41. The first kappa shape index (κ1) is 15.3. The Labute approximate surface area is 143 Å². The highest BCUT2D eigenvalue weighted by atomic mass is 16.5. The largest absolute Gasteiger partial charge is 0.334 e. The molecule has 7 nitrogen and oxygen atoms in total. The monoisotopic (exact) mass is 336 g/mol. The lowest BCUT2D eigenvalue weighted by Crippen LogP contribution is -2.26. The Kier molecular flexibility index (Phi) is 3.89. The number of aromatic nitrogens is 3. The zero-order valence-corrected chi connectivity index (χ0v) is 13.4. The van der Waals surface area contributed by atoms with Crippen LogP contribution in [0.3, 0.4) is 0 Å². The second-order valence-electron chi connectivity index (χ2n) is 6.03. The fraction of sp³-hybridized carbons (Fsp3) is 0.222. The summed E-state index contributed by atoms with van der Waals surface area (Å²) in [5.41, 5.74) is 1.03. The number of amides is 1. The van der Waals surface area contributed by atoms with Crippen LogP contribution in [-0.2, 0) is 11.3 Å². The van der Waals surface area contributed by atoms with Crippen molar-refractivity contribution in [2.75, 3.05) is 5.32 Å². The van der Waals surface area contributed by atoms with Gasteiger partial charge in [0.15, 0.2) is 5.82 Å². The van der Waals surface area contributed by atoms with E-state index in [9.17, 15) is 9.59 Å². The summed E-state index contributed by atoms with van der Waals surface area (Å²) in [6, 6.07) is 12.1. The maximum absolute atomic E-state index is 12.2. The second-order valence-corrected chi connectivity index (χ2v) is 6.03. The third kappa shape index (κ3) is 3.50. The molecule has 2 heterocycles. The van der Waals surface area contributed by atoms with Gasteiger partial charge in [-0.1, -0.05) is 23.4 Å². The van der Waals surface area contributed by atoms with E-state index in [1.165, 1.54) is 10.6 Å². The number of anilines is 1. The SMILES string of the molecule is O=C(Cn1cc(-c2nc(C3CC3)no2)ccc1=O)Nc1ccccc1. The van der Waals surface area contributed by atoms with E-state index in [1.807, 2.05) is 18.2 Å². The van der Waals surface area contributed by atoms with Crippen LogP contribution in [0.1, 0.15) is 24.6 Å². The minimum absolute atomic E-state index is 0.0921. The maximum atomic E-state index is 12.2. The van der Waals surface area contributed by atoms with Crippen LogP contribution in [0.2, 0.25) is 0 Å². The first-order chi connectivity index (χ1) is 12.2. The van der Waals surface area contributed by atoms with E-state index in [0.29, 0.717) is 28.9 Å². The number of hydrogen-bond acceptors (Lipinski definition) is 5. The quantitative estimate of drug-likeness (QED) is 0.773. The van der Waals surface area contributed by atoms with E-state index in [0.717, 1.165) is 12.8 Å². The van der Waals surface area contributed by atoms with Crippen molar-refractivity contribution in [3.8, 4) is 11.5 Å². The molecule has 1 saturated carbocycles. The summed E-state index contributed by atoms with van der Waals surface area (Å²) < 4.78 is 6.60. The van der Waals surface area contributed by atoms with E-state index >= 15 is 0 Å². The molecular formula is C18H16N4O3. The number of rotatable bonds is 5. The maximum Gasteiger partial charge on any atom is 0.259 e. The molecule has 0 radical (unpaired) electrons. The standard InChI is InChI=1S/C18H16N4O3/c23-15(19-14-4-2-1-3-5-14)11-22-10-13(8-9-16(22)24)18-20-17(21-25-18)12-6-7-12/h1-5,8-10,12H,6-7,11H2,(H,19,23). The van der Waals surface area contributed by atoms with Gasteiger partial charge in [-0.3, -0.25) is 9.59 Å². The van der Waals surface area contributed by atoms with Crippen molar-refractivity contribution in [3.63, 3.8) is 0 Å². The lowest BCUT2D eigenvalue weighted by Gasteiger charge is -2.08. The van der Waals surface area contributed by atoms with Gasteiger partial charge in [-0.05, 0) is 31.0 Å². The molecule has 0 spiro atoms. The molecule has 1 amide bonds. The van der Waals surface area contributed by atoms with Gasteiger partial charge in [0.2, 0.25) is 5.91 Å². The molecule has 1 fully saturated rings. The Morgan fingerprint density at radius 1 is 1.20 bits per heavy atom. The van der Waals surface area contributed by atoms with E-state index in [1.54, 1.807) is 24.4 Å². The molecule has 3 aromatic rings. The van der Waals surface area contributed by atoms with Crippen LogP contribution in [0.25, 0.3) is 11.5 Å². The number of carbonyl (C=O) groups excluding carboxylic acids is 1. The third-order valence-corrected chi connectivity index (χ3v) is 3.99. The lowest BCUT2D eigenvalue weighted by atomic mass is 10.2. The Bertz CT molecular complexity index is 958. The molecule has 4 rings (SSSR count). The number of carbonyl (C=O) groups is 1. The summed E-state index contributed by atoms with van der Waals surface area (Å²) in [7, 11) is 0. The average Bonchev–Trinajstić information content (AvgIpc) is 3.35. The van der Waals surface area contributed by atoms with Crippen molar-refractivity contribution in [3.05, 3.63) is 64.8 Å². The van der Waals surface area contributed by atoms with Crippen molar-refractivity contribution in [1.82, 2.24) is 14.7 Å². The fourth-order valence-electron chi connectivity index (χ4n) is 2.52. The number of pyridine rings is 1. The summed E-state index contributed by atoms with van der Waals surface area (Å²) in [6.07, 6.45) is 3.73. The zero-order chi connectivity index (χ0) is 17.2. The second kappa shape index (κ2) is 6.35. The summed E-state index contributed by atoms with van der Waals surface area (Å²) >= 11 is 0. The van der Waals surface area contributed by atoms with Crippen LogP contribution in [0, 0.1) is 0 Å². The van der Waals surface area contributed by atoms with Gasteiger partial charge in [-0.15, -0.1) is 0 Å². The van der Waals surface area contributed by atoms with Crippen molar-refractivity contribution < 1.29 is 9.32 Å². The molecule has 7 heteroatoms. The van der Waals surface area contributed by atoms with Gasteiger partial charge < -0.3 is 14.4 Å². The van der Waals surface area contributed by atoms with Crippen molar-refractivity contribution >= 4 is 11.6 Å². The molecule has 1 aliphatic rings. The van der Waals surface area contributed by atoms with Crippen LogP contribution in [0.4, 0.5) is 5.69 Å². The van der Waals surface area contributed by atoms with Crippen LogP contribution < -0.4 is 10.9 Å². The number of hydrogen-bond donors (Lipinski definition) is 1. The predicted molar refractivity (Wildman–Crippen MR) is 91.0 cm³/mol. The van der Waals surface area contributed by atoms with Crippen LogP contribution in [-0.4, -0.2) is 20.6 Å². The molecule has 25 heavy (non-hydrogen) atoms. The van der Waals surface area contributed by atoms with Crippen molar-refractivity contribution in [2.45, 2.75) is 25.3 Å². The molecule has 0 aliphatic heterocycles. The molecule has 1 aliphatic carbocycles. The van der Waals surface area contributed by atoms with Gasteiger partial charge in [0.05, 0.1) is 5.56 Å². The number of benzene rings is 1. The van der Waals surface area contributed by atoms with Crippen molar-refractivity contribution in [1.29, 1.82) is 0 Å². The molecular weight excluding hydrogens is 320 g/mol. The molecule has 1 aromatic carbocycles. The molecule has 0 atom stereocenters. The topological polar surface area (TPSA) is 90.0 Å². The normalized spacial score (nSPS) is 13.6. The van der Waals surface area contributed by atoms with E-state index in [2.05, 4.69) is 15.5 Å². The number of para-hydroxylation sites is 1. The average molecular weight is 336 g/mol. The molecule has 1 N–H and O–H groups in total.